The van der Waals surface area contributed by atoms with Crippen molar-refractivity contribution in [3.63, 3.8) is 0 Å². The minimum atomic E-state index is -2.97. The van der Waals surface area contributed by atoms with Crippen LogP contribution in [-0.2, 0) is 14.6 Å². The molecule has 1 aliphatic heterocycles. The van der Waals surface area contributed by atoms with Gasteiger partial charge in [0.15, 0.2) is 5.96 Å². The zero-order valence-corrected chi connectivity index (χ0v) is 21.7. The van der Waals surface area contributed by atoms with Crippen LogP contribution in [-0.4, -0.2) is 76.7 Å². The van der Waals surface area contributed by atoms with Gasteiger partial charge in [-0.2, -0.15) is 0 Å². The maximum absolute atomic E-state index is 11.4. The summed E-state index contributed by atoms with van der Waals surface area (Å²) in [6.07, 6.45) is 1.82. The van der Waals surface area contributed by atoms with Crippen LogP contribution in [0.4, 0.5) is 0 Å². The molecule has 2 unspecified atom stereocenters. The van der Waals surface area contributed by atoms with E-state index in [4.69, 9.17) is 9.73 Å². The predicted molar refractivity (Wildman–Crippen MR) is 135 cm³/mol. The Bertz CT molecular complexity index is 750. The Hall–Kier alpha value is -0.910. The first-order chi connectivity index (χ1) is 13.8. The first-order valence-electron chi connectivity index (χ1n) is 10.4. The van der Waals surface area contributed by atoms with Gasteiger partial charge in [-0.05, 0) is 32.8 Å². The number of benzene rings is 1. The zero-order chi connectivity index (χ0) is 21.3. The smallest absolute Gasteiger partial charge is 0.191 e. The third-order valence-corrected chi connectivity index (χ3v) is 6.00. The third kappa shape index (κ3) is 9.93. The molecule has 1 aromatic carbocycles. The summed E-state index contributed by atoms with van der Waals surface area (Å²) in [5.41, 5.74) is 2.50. The van der Waals surface area contributed by atoms with Crippen molar-refractivity contribution in [3.05, 3.63) is 35.4 Å². The lowest BCUT2D eigenvalue weighted by molar-refractivity contribution is 0.0179. The molecule has 7 nitrogen and oxygen atoms in total. The molecule has 0 aliphatic carbocycles. The van der Waals surface area contributed by atoms with Crippen molar-refractivity contribution in [3.8, 4) is 0 Å². The summed E-state index contributed by atoms with van der Waals surface area (Å²) in [7, 11) is -2.97. The number of hydrogen-bond acceptors (Lipinski definition) is 5. The number of aryl methyl sites for hydroxylation is 1. The highest BCUT2D eigenvalue weighted by Crippen LogP contribution is 2.23. The van der Waals surface area contributed by atoms with Gasteiger partial charge in [0.1, 0.15) is 9.84 Å². The molecule has 1 saturated heterocycles. The van der Waals surface area contributed by atoms with E-state index in [9.17, 15) is 8.42 Å². The third-order valence-electron chi connectivity index (χ3n) is 5.02. The average Bonchev–Trinajstić information content (AvgIpc) is 2.68. The van der Waals surface area contributed by atoms with Crippen LogP contribution in [0, 0.1) is 6.92 Å². The van der Waals surface area contributed by atoms with E-state index in [0.717, 1.165) is 38.8 Å². The van der Waals surface area contributed by atoms with E-state index in [0.29, 0.717) is 13.0 Å². The molecule has 2 N–H and O–H groups in total. The Labute approximate surface area is 199 Å². The Morgan fingerprint density at radius 1 is 1.23 bits per heavy atom. The van der Waals surface area contributed by atoms with Gasteiger partial charge in [-0.15, -0.1) is 24.0 Å². The topological polar surface area (TPSA) is 83.0 Å². The van der Waals surface area contributed by atoms with Crippen LogP contribution in [0.25, 0.3) is 0 Å². The Morgan fingerprint density at radius 2 is 1.87 bits per heavy atom. The fourth-order valence-electron chi connectivity index (χ4n) is 3.30. The lowest BCUT2D eigenvalue weighted by Gasteiger charge is -2.34. The lowest BCUT2D eigenvalue weighted by atomic mass is 10.0. The molecule has 30 heavy (non-hydrogen) atoms. The van der Waals surface area contributed by atoms with Gasteiger partial charge in [-0.3, -0.25) is 9.89 Å². The molecule has 2 rings (SSSR count). The van der Waals surface area contributed by atoms with Crippen molar-refractivity contribution in [1.82, 2.24) is 15.5 Å². The van der Waals surface area contributed by atoms with Crippen LogP contribution < -0.4 is 10.6 Å². The van der Waals surface area contributed by atoms with E-state index in [1.165, 1.54) is 17.4 Å². The largest absolute Gasteiger partial charge is 0.379 e. The fourth-order valence-corrected chi connectivity index (χ4v) is 4.09. The molecule has 1 heterocycles. The number of hydrogen-bond donors (Lipinski definition) is 2. The molecule has 2 atom stereocenters. The minimum Gasteiger partial charge on any atom is -0.379 e. The van der Waals surface area contributed by atoms with E-state index in [2.05, 4.69) is 46.7 Å². The summed E-state index contributed by atoms with van der Waals surface area (Å²) in [6, 6.07) is 8.84. The van der Waals surface area contributed by atoms with Crippen LogP contribution >= 0.6 is 24.0 Å². The summed E-state index contributed by atoms with van der Waals surface area (Å²) in [6.45, 7) is 10.7. The van der Waals surface area contributed by atoms with Gasteiger partial charge in [0.2, 0.25) is 0 Å². The monoisotopic (exact) mass is 552 g/mol. The summed E-state index contributed by atoms with van der Waals surface area (Å²) in [5.74, 6) is 0.888. The van der Waals surface area contributed by atoms with Gasteiger partial charge >= 0.3 is 0 Å². The number of sulfone groups is 1. The quantitative estimate of drug-likeness (QED) is 0.278. The Balaban J connectivity index is 0.00000450. The molecule has 0 radical (unpaired) electrons. The van der Waals surface area contributed by atoms with E-state index in [1.54, 1.807) is 0 Å². The van der Waals surface area contributed by atoms with Crippen molar-refractivity contribution in [2.45, 2.75) is 39.3 Å². The predicted octanol–water partition coefficient (Wildman–Crippen LogP) is 2.36. The SMILES string of the molecule is CCNC(=NCC(c1ccc(C)cc1)N1CCOCC1)NC(C)CCS(C)(=O)=O.I. The number of rotatable bonds is 9. The van der Waals surface area contributed by atoms with Crippen molar-refractivity contribution < 1.29 is 13.2 Å². The van der Waals surface area contributed by atoms with Gasteiger partial charge in [0, 0.05) is 31.9 Å². The van der Waals surface area contributed by atoms with Crippen molar-refractivity contribution >= 4 is 39.8 Å². The molecule has 1 aliphatic rings. The Morgan fingerprint density at radius 3 is 2.43 bits per heavy atom. The Kier molecular flexibility index (Phi) is 12.2. The van der Waals surface area contributed by atoms with Crippen LogP contribution in [0.1, 0.15) is 37.4 Å². The first kappa shape index (κ1) is 27.1. The highest BCUT2D eigenvalue weighted by Gasteiger charge is 2.22. The second kappa shape index (κ2) is 13.5. The highest BCUT2D eigenvalue weighted by molar-refractivity contribution is 14.0. The van der Waals surface area contributed by atoms with Crippen LogP contribution in [0.15, 0.2) is 29.3 Å². The van der Waals surface area contributed by atoms with E-state index in [1.807, 2.05) is 13.8 Å². The van der Waals surface area contributed by atoms with Gasteiger partial charge in [-0.1, -0.05) is 29.8 Å². The van der Waals surface area contributed by atoms with Gasteiger partial charge in [0.05, 0.1) is 31.6 Å². The number of nitrogens with one attached hydrogen (secondary N) is 2. The molecular weight excluding hydrogens is 515 g/mol. The van der Waals surface area contributed by atoms with Gasteiger partial charge < -0.3 is 15.4 Å². The fraction of sp³-hybridized carbons (Fsp3) is 0.667. The standard InChI is InChI=1S/C21H36N4O3S.HI/c1-5-22-21(24-18(3)10-15-29(4,26)27)23-16-20(25-11-13-28-14-12-25)19-8-6-17(2)7-9-19;/h6-9,18,20H,5,10-16H2,1-4H3,(H2,22,23,24);1H. The van der Waals surface area contributed by atoms with Crippen molar-refractivity contribution in [2.24, 2.45) is 4.99 Å². The van der Waals surface area contributed by atoms with E-state index < -0.39 is 9.84 Å². The lowest BCUT2D eigenvalue weighted by Crippen LogP contribution is -2.44. The van der Waals surface area contributed by atoms with Crippen molar-refractivity contribution in [2.75, 3.05) is 51.4 Å². The van der Waals surface area contributed by atoms with E-state index in [-0.39, 0.29) is 41.8 Å². The average molecular weight is 553 g/mol. The molecule has 0 spiro atoms. The number of guanidine groups is 1. The molecule has 9 heteroatoms. The summed E-state index contributed by atoms with van der Waals surface area (Å²) in [4.78, 5) is 7.26. The second-order valence-electron chi connectivity index (χ2n) is 7.76. The highest BCUT2D eigenvalue weighted by atomic mass is 127. The van der Waals surface area contributed by atoms with Gasteiger partial charge in [-0.25, -0.2) is 8.42 Å². The number of nitrogens with zero attached hydrogens (tertiary/aromatic N) is 2. The normalized spacial score (nSPS) is 17.7. The van der Waals surface area contributed by atoms with Crippen LogP contribution in [0.3, 0.4) is 0 Å². The first-order valence-corrected chi connectivity index (χ1v) is 12.5. The summed E-state index contributed by atoms with van der Waals surface area (Å²) in [5, 5.41) is 6.62. The molecule has 0 amide bonds. The molecule has 1 fully saturated rings. The van der Waals surface area contributed by atoms with Crippen molar-refractivity contribution in [1.29, 1.82) is 0 Å². The zero-order valence-electron chi connectivity index (χ0n) is 18.6. The number of aliphatic imine (C=N–C) groups is 1. The number of ether oxygens (including phenoxy) is 1. The van der Waals surface area contributed by atoms with Crippen LogP contribution in [0.5, 0.6) is 0 Å². The number of morpholine rings is 1. The van der Waals surface area contributed by atoms with E-state index >= 15 is 0 Å². The maximum atomic E-state index is 11.4. The summed E-state index contributed by atoms with van der Waals surface area (Å²) < 4.78 is 28.4. The molecule has 0 aromatic heterocycles. The molecule has 0 bridgehead atoms. The second-order valence-corrected chi connectivity index (χ2v) is 10.0. The molecule has 1 aromatic rings. The molecule has 0 saturated carbocycles. The number of halogens is 1. The van der Waals surface area contributed by atoms with Gasteiger partial charge in [0.25, 0.3) is 0 Å². The maximum Gasteiger partial charge on any atom is 0.191 e. The molecule has 172 valence electrons. The minimum absolute atomic E-state index is 0. The molecular formula is C21H37IN4O3S. The van der Waals surface area contributed by atoms with Crippen LogP contribution in [0.2, 0.25) is 0 Å². The summed E-state index contributed by atoms with van der Waals surface area (Å²) >= 11 is 0.